The fourth-order valence-corrected chi connectivity index (χ4v) is 1.82. The number of benzene rings is 1. The molecule has 80 valence electrons. The summed E-state index contributed by atoms with van der Waals surface area (Å²) in [4.78, 5) is 12.1. The van der Waals surface area contributed by atoms with Gasteiger partial charge in [0.15, 0.2) is 0 Å². The molecule has 1 fully saturated rings. The first-order chi connectivity index (χ1) is 7.25. The van der Waals surface area contributed by atoms with Crippen LogP contribution in [0.4, 0.5) is 10.5 Å². The zero-order valence-corrected chi connectivity index (χ0v) is 8.39. The molecule has 0 saturated carbocycles. The second-order valence-electron chi connectivity index (χ2n) is 3.72. The van der Waals surface area contributed by atoms with Gasteiger partial charge in [0.1, 0.15) is 0 Å². The number of nitrogens with one attached hydrogen (secondary N) is 1. The minimum absolute atomic E-state index is 0.239. The van der Waals surface area contributed by atoms with Crippen LogP contribution in [0.2, 0.25) is 0 Å². The molecule has 1 atom stereocenters. The Balaban J connectivity index is 1.90. The van der Waals surface area contributed by atoms with Crippen LogP contribution in [0, 0.1) is 0 Å². The molecule has 1 aromatic rings. The normalized spacial score (nSPS) is 20.3. The van der Waals surface area contributed by atoms with Gasteiger partial charge in [-0.1, -0.05) is 18.2 Å². The minimum atomic E-state index is -0.827. The van der Waals surface area contributed by atoms with Crippen LogP contribution >= 0.6 is 0 Å². The second kappa shape index (κ2) is 4.21. The van der Waals surface area contributed by atoms with E-state index >= 15 is 0 Å². The van der Waals surface area contributed by atoms with Crippen molar-refractivity contribution in [2.75, 3.05) is 18.4 Å². The van der Waals surface area contributed by atoms with E-state index < -0.39 is 6.09 Å². The zero-order chi connectivity index (χ0) is 10.7. The fourth-order valence-electron chi connectivity index (χ4n) is 1.82. The molecular formula is C11H14N2O2. The van der Waals surface area contributed by atoms with E-state index in [2.05, 4.69) is 5.32 Å². The molecule has 0 unspecified atom stereocenters. The highest BCUT2D eigenvalue weighted by atomic mass is 16.4. The van der Waals surface area contributed by atoms with E-state index in [1.54, 1.807) is 0 Å². The van der Waals surface area contributed by atoms with Gasteiger partial charge in [-0.05, 0) is 18.6 Å². The highest BCUT2D eigenvalue weighted by molar-refractivity contribution is 5.65. The quantitative estimate of drug-likeness (QED) is 0.776. The smallest absolute Gasteiger partial charge is 0.407 e. The number of hydrogen-bond donors (Lipinski definition) is 2. The predicted molar refractivity (Wildman–Crippen MR) is 58.1 cm³/mol. The standard InChI is InChI=1S/C11H14N2O2/c14-11(15)13-7-6-10(8-13)12-9-4-2-1-3-5-9/h1-5,10,12H,6-8H2,(H,14,15)/t10-/m0/s1. The number of anilines is 1. The van der Waals surface area contributed by atoms with Gasteiger partial charge in [0.2, 0.25) is 0 Å². The summed E-state index contributed by atoms with van der Waals surface area (Å²) in [6, 6.07) is 10.1. The molecule has 1 saturated heterocycles. The number of para-hydroxylation sites is 1. The van der Waals surface area contributed by atoms with Crippen molar-refractivity contribution in [3.8, 4) is 0 Å². The Bertz CT molecular complexity index is 340. The van der Waals surface area contributed by atoms with Crippen LogP contribution < -0.4 is 5.32 Å². The molecule has 4 nitrogen and oxygen atoms in total. The molecule has 1 aromatic carbocycles. The van der Waals surface area contributed by atoms with Crippen molar-refractivity contribution in [1.29, 1.82) is 0 Å². The van der Waals surface area contributed by atoms with E-state index in [4.69, 9.17) is 5.11 Å². The molecular weight excluding hydrogens is 192 g/mol. The molecule has 2 N–H and O–H groups in total. The van der Waals surface area contributed by atoms with Crippen molar-refractivity contribution in [2.24, 2.45) is 0 Å². The highest BCUT2D eigenvalue weighted by Crippen LogP contribution is 2.15. The number of amides is 1. The first-order valence-electron chi connectivity index (χ1n) is 5.05. The van der Waals surface area contributed by atoms with Crippen molar-refractivity contribution in [3.63, 3.8) is 0 Å². The Morgan fingerprint density at radius 3 is 2.73 bits per heavy atom. The summed E-state index contributed by atoms with van der Waals surface area (Å²) >= 11 is 0. The van der Waals surface area contributed by atoms with E-state index in [1.165, 1.54) is 4.90 Å². The Labute approximate surface area is 88.5 Å². The lowest BCUT2D eigenvalue weighted by molar-refractivity contribution is 0.155. The Morgan fingerprint density at radius 2 is 2.13 bits per heavy atom. The topological polar surface area (TPSA) is 52.6 Å². The summed E-state index contributed by atoms with van der Waals surface area (Å²) in [6.07, 6.45) is 0.0497. The summed E-state index contributed by atoms with van der Waals surface area (Å²) in [5.74, 6) is 0. The molecule has 0 radical (unpaired) electrons. The molecule has 4 heteroatoms. The highest BCUT2D eigenvalue weighted by Gasteiger charge is 2.25. The summed E-state index contributed by atoms with van der Waals surface area (Å²) in [7, 11) is 0. The fraction of sp³-hybridized carbons (Fsp3) is 0.364. The lowest BCUT2D eigenvalue weighted by atomic mass is 10.2. The molecule has 2 rings (SSSR count). The summed E-state index contributed by atoms with van der Waals surface area (Å²) in [6.45, 7) is 1.20. The van der Waals surface area contributed by atoms with E-state index in [0.717, 1.165) is 12.1 Å². The third kappa shape index (κ3) is 2.40. The van der Waals surface area contributed by atoms with Gasteiger partial charge in [0.25, 0.3) is 0 Å². The monoisotopic (exact) mass is 206 g/mol. The van der Waals surface area contributed by atoms with E-state index in [0.29, 0.717) is 13.1 Å². The van der Waals surface area contributed by atoms with Crippen LogP contribution in [0.15, 0.2) is 30.3 Å². The van der Waals surface area contributed by atoms with E-state index in [1.807, 2.05) is 30.3 Å². The van der Waals surface area contributed by atoms with Gasteiger partial charge in [0, 0.05) is 24.8 Å². The van der Waals surface area contributed by atoms with Gasteiger partial charge in [-0.15, -0.1) is 0 Å². The van der Waals surface area contributed by atoms with Crippen molar-refractivity contribution in [1.82, 2.24) is 4.90 Å². The van der Waals surface area contributed by atoms with Crippen LogP contribution in [0.1, 0.15) is 6.42 Å². The first kappa shape index (κ1) is 9.83. The van der Waals surface area contributed by atoms with Crippen LogP contribution in [-0.4, -0.2) is 35.2 Å². The van der Waals surface area contributed by atoms with Gasteiger partial charge >= 0.3 is 6.09 Å². The maximum atomic E-state index is 10.7. The minimum Gasteiger partial charge on any atom is -0.465 e. The van der Waals surface area contributed by atoms with Crippen molar-refractivity contribution < 1.29 is 9.90 Å². The van der Waals surface area contributed by atoms with Crippen LogP contribution in [-0.2, 0) is 0 Å². The molecule has 1 heterocycles. The van der Waals surface area contributed by atoms with Gasteiger partial charge in [0.05, 0.1) is 0 Å². The number of nitrogens with zero attached hydrogens (tertiary/aromatic N) is 1. The maximum Gasteiger partial charge on any atom is 0.407 e. The third-order valence-corrected chi connectivity index (χ3v) is 2.60. The van der Waals surface area contributed by atoms with E-state index in [-0.39, 0.29) is 6.04 Å². The molecule has 0 spiro atoms. The molecule has 0 bridgehead atoms. The second-order valence-corrected chi connectivity index (χ2v) is 3.72. The molecule has 1 amide bonds. The average Bonchev–Trinajstić information content (AvgIpc) is 2.68. The van der Waals surface area contributed by atoms with Gasteiger partial charge in [-0.3, -0.25) is 0 Å². The Hall–Kier alpha value is -1.71. The average molecular weight is 206 g/mol. The third-order valence-electron chi connectivity index (χ3n) is 2.60. The lowest BCUT2D eigenvalue weighted by Gasteiger charge is -2.14. The van der Waals surface area contributed by atoms with Crippen molar-refractivity contribution in [2.45, 2.75) is 12.5 Å². The van der Waals surface area contributed by atoms with Gasteiger partial charge < -0.3 is 15.3 Å². The number of carboxylic acid groups (broad SMARTS) is 1. The van der Waals surface area contributed by atoms with E-state index in [9.17, 15) is 4.79 Å². The number of likely N-dealkylation sites (tertiary alicyclic amines) is 1. The number of hydrogen-bond acceptors (Lipinski definition) is 2. The van der Waals surface area contributed by atoms with Crippen molar-refractivity contribution >= 4 is 11.8 Å². The Kier molecular flexibility index (Phi) is 2.76. The summed E-state index contributed by atoms with van der Waals surface area (Å²) in [5.41, 5.74) is 1.05. The molecule has 1 aliphatic rings. The SMILES string of the molecule is O=C(O)N1CC[C@H](Nc2ccccc2)C1. The molecule has 1 aliphatic heterocycles. The Morgan fingerprint density at radius 1 is 1.40 bits per heavy atom. The number of carbonyl (C=O) groups is 1. The largest absolute Gasteiger partial charge is 0.465 e. The van der Waals surface area contributed by atoms with Crippen LogP contribution in [0.5, 0.6) is 0 Å². The van der Waals surface area contributed by atoms with Crippen molar-refractivity contribution in [3.05, 3.63) is 30.3 Å². The van der Waals surface area contributed by atoms with Crippen LogP contribution in [0.25, 0.3) is 0 Å². The maximum absolute atomic E-state index is 10.7. The lowest BCUT2D eigenvalue weighted by Crippen LogP contribution is -2.30. The zero-order valence-electron chi connectivity index (χ0n) is 8.39. The molecule has 0 aromatic heterocycles. The first-order valence-corrected chi connectivity index (χ1v) is 5.05. The van der Waals surface area contributed by atoms with Gasteiger partial charge in [-0.25, -0.2) is 4.79 Å². The molecule has 15 heavy (non-hydrogen) atoms. The molecule has 0 aliphatic carbocycles. The predicted octanol–water partition coefficient (Wildman–Crippen LogP) is 1.85. The summed E-state index contributed by atoms with van der Waals surface area (Å²) in [5, 5.41) is 12.1. The number of rotatable bonds is 2. The van der Waals surface area contributed by atoms with Gasteiger partial charge in [-0.2, -0.15) is 0 Å². The summed E-state index contributed by atoms with van der Waals surface area (Å²) < 4.78 is 0. The van der Waals surface area contributed by atoms with Crippen LogP contribution in [0.3, 0.4) is 0 Å².